The molecule has 2 amide bonds. The Morgan fingerprint density at radius 2 is 1.74 bits per heavy atom. The summed E-state index contributed by atoms with van der Waals surface area (Å²) in [5.41, 5.74) is 4.03. The van der Waals surface area contributed by atoms with Gasteiger partial charge in [-0.1, -0.05) is 67.9 Å². The molecule has 176 valence electrons. The van der Waals surface area contributed by atoms with Crippen LogP contribution in [0.3, 0.4) is 0 Å². The number of hydrogen-bond donors (Lipinski definition) is 1. The van der Waals surface area contributed by atoms with E-state index in [2.05, 4.69) is 24.4 Å². The summed E-state index contributed by atoms with van der Waals surface area (Å²) in [5.74, 6) is 1.29. The summed E-state index contributed by atoms with van der Waals surface area (Å²) in [5, 5.41) is 2.86. The first kappa shape index (κ1) is 23.9. The molecule has 6 heteroatoms. The number of hydrogen-bond acceptors (Lipinski definition) is 4. The van der Waals surface area contributed by atoms with Gasteiger partial charge < -0.3 is 15.0 Å². The quantitative estimate of drug-likeness (QED) is 0.409. The number of amides is 2. The molecule has 1 aliphatic rings. The van der Waals surface area contributed by atoms with E-state index in [1.54, 1.807) is 11.8 Å². The first-order valence-electron chi connectivity index (χ1n) is 11.7. The molecule has 1 fully saturated rings. The lowest BCUT2D eigenvalue weighted by Crippen LogP contribution is -2.28. The topological polar surface area (TPSA) is 58.6 Å². The highest BCUT2D eigenvalue weighted by Gasteiger charge is 2.32. The third-order valence-corrected chi connectivity index (χ3v) is 7.00. The molecule has 1 N–H and O–H groups in total. The molecule has 1 heterocycles. The van der Waals surface area contributed by atoms with Gasteiger partial charge in [0, 0.05) is 12.1 Å². The van der Waals surface area contributed by atoms with Crippen LogP contribution in [0.15, 0.2) is 78.9 Å². The first-order chi connectivity index (χ1) is 16.6. The number of ether oxygens (including phenoxy) is 1. The van der Waals surface area contributed by atoms with Crippen LogP contribution in [0.25, 0.3) is 0 Å². The van der Waals surface area contributed by atoms with Crippen molar-refractivity contribution < 1.29 is 14.3 Å². The molecule has 5 nitrogen and oxygen atoms in total. The molecule has 0 radical (unpaired) electrons. The maximum absolute atomic E-state index is 12.5. The van der Waals surface area contributed by atoms with Crippen LogP contribution in [0.5, 0.6) is 5.75 Å². The second kappa shape index (κ2) is 11.7. The third-order valence-electron chi connectivity index (χ3n) is 5.74. The van der Waals surface area contributed by atoms with Crippen LogP contribution < -0.4 is 10.1 Å². The summed E-state index contributed by atoms with van der Waals surface area (Å²) >= 11 is 1.62. The predicted molar refractivity (Wildman–Crippen MR) is 137 cm³/mol. The molecule has 34 heavy (non-hydrogen) atoms. The van der Waals surface area contributed by atoms with Crippen LogP contribution in [0, 0.1) is 0 Å². The minimum Gasteiger partial charge on any atom is -0.492 e. The van der Waals surface area contributed by atoms with Crippen molar-refractivity contribution in [3.63, 3.8) is 0 Å². The van der Waals surface area contributed by atoms with Crippen molar-refractivity contribution in [2.24, 2.45) is 0 Å². The van der Waals surface area contributed by atoms with Gasteiger partial charge in [-0.15, -0.1) is 11.8 Å². The Balaban J connectivity index is 1.27. The molecule has 1 saturated heterocycles. The van der Waals surface area contributed by atoms with E-state index in [1.165, 1.54) is 5.56 Å². The van der Waals surface area contributed by atoms with Gasteiger partial charge in [0.2, 0.25) is 5.91 Å². The predicted octanol–water partition coefficient (Wildman–Crippen LogP) is 5.22. The molecule has 3 aromatic carbocycles. The summed E-state index contributed by atoms with van der Waals surface area (Å²) in [6, 6.07) is 25.6. The standard InChI is InChI=1S/C28H30N2O3S/c1-2-6-21-9-15-25(16-10-21)33-18-17-29-27(32)23-11-13-24(14-12-23)28-30(26(31)20-34-28)19-22-7-4-3-5-8-22/h3-5,7-16,28H,2,6,17-20H2,1H3,(H,29,32)/t28-/m0/s1. The molecule has 1 aliphatic heterocycles. The van der Waals surface area contributed by atoms with Crippen LogP contribution in [-0.4, -0.2) is 35.6 Å². The molecule has 0 spiro atoms. The fourth-order valence-electron chi connectivity index (χ4n) is 3.96. The van der Waals surface area contributed by atoms with E-state index in [4.69, 9.17) is 4.74 Å². The highest BCUT2D eigenvalue weighted by Crippen LogP contribution is 2.39. The van der Waals surface area contributed by atoms with E-state index in [0.29, 0.717) is 31.0 Å². The summed E-state index contributed by atoms with van der Waals surface area (Å²) in [4.78, 5) is 26.9. The van der Waals surface area contributed by atoms with Gasteiger partial charge in [0.05, 0.1) is 12.3 Å². The van der Waals surface area contributed by atoms with Gasteiger partial charge in [-0.2, -0.15) is 0 Å². The number of nitrogens with zero attached hydrogens (tertiary/aromatic N) is 1. The Morgan fingerprint density at radius 3 is 2.44 bits per heavy atom. The summed E-state index contributed by atoms with van der Waals surface area (Å²) in [6.45, 7) is 3.58. The normalized spacial score (nSPS) is 15.4. The van der Waals surface area contributed by atoms with E-state index in [0.717, 1.165) is 29.7 Å². The Kier molecular flexibility index (Phi) is 8.26. The van der Waals surface area contributed by atoms with E-state index >= 15 is 0 Å². The number of carbonyl (C=O) groups is 2. The Labute approximate surface area is 205 Å². The van der Waals surface area contributed by atoms with E-state index in [-0.39, 0.29) is 17.2 Å². The summed E-state index contributed by atoms with van der Waals surface area (Å²) in [7, 11) is 0. The minimum absolute atomic E-state index is 0.0399. The van der Waals surface area contributed by atoms with Gasteiger partial charge in [-0.25, -0.2) is 0 Å². The largest absolute Gasteiger partial charge is 0.492 e. The van der Waals surface area contributed by atoms with E-state index in [1.807, 2.05) is 71.6 Å². The summed E-state index contributed by atoms with van der Waals surface area (Å²) < 4.78 is 5.73. The Morgan fingerprint density at radius 1 is 1.00 bits per heavy atom. The second-order valence-electron chi connectivity index (χ2n) is 8.29. The molecular weight excluding hydrogens is 444 g/mol. The van der Waals surface area contributed by atoms with Crippen molar-refractivity contribution >= 4 is 23.6 Å². The number of nitrogens with one attached hydrogen (secondary N) is 1. The molecule has 1 atom stereocenters. The van der Waals surface area contributed by atoms with Crippen LogP contribution in [-0.2, 0) is 17.8 Å². The van der Waals surface area contributed by atoms with Gasteiger partial charge in [0.1, 0.15) is 17.7 Å². The van der Waals surface area contributed by atoms with Gasteiger partial charge >= 0.3 is 0 Å². The monoisotopic (exact) mass is 474 g/mol. The van der Waals surface area contributed by atoms with Gasteiger partial charge in [0.25, 0.3) is 5.91 Å². The van der Waals surface area contributed by atoms with Crippen molar-refractivity contribution in [2.75, 3.05) is 18.9 Å². The van der Waals surface area contributed by atoms with Crippen molar-refractivity contribution in [1.29, 1.82) is 0 Å². The lowest BCUT2D eigenvalue weighted by molar-refractivity contribution is -0.128. The fourth-order valence-corrected chi connectivity index (χ4v) is 5.14. The molecular formula is C28H30N2O3S. The molecule has 0 bridgehead atoms. The van der Waals surface area contributed by atoms with Gasteiger partial charge in [-0.3, -0.25) is 9.59 Å². The first-order valence-corrected chi connectivity index (χ1v) is 12.7. The van der Waals surface area contributed by atoms with Crippen LogP contribution >= 0.6 is 11.8 Å². The zero-order valence-corrected chi connectivity index (χ0v) is 20.2. The molecule has 4 rings (SSSR count). The summed E-state index contributed by atoms with van der Waals surface area (Å²) in [6.07, 6.45) is 2.19. The lowest BCUT2D eigenvalue weighted by Gasteiger charge is -2.24. The molecule has 0 unspecified atom stereocenters. The maximum atomic E-state index is 12.5. The smallest absolute Gasteiger partial charge is 0.251 e. The second-order valence-corrected chi connectivity index (χ2v) is 9.36. The van der Waals surface area contributed by atoms with Crippen LogP contribution in [0.4, 0.5) is 0 Å². The average molecular weight is 475 g/mol. The zero-order valence-electron chi connectivity index (χ0n) is 19.4. The third kappa shape index (κ3) is 6.20. The number of thioether (sulfide) groups is 1. The molecule has 0 saturated carbocycles. The highest BCUT2D eigenvalue weighted by molar-refractivity contribution is 8.00. The average Bonchev–Trinajstić information content (AvgIpc) is 3.23. The molecule has 0 aliphatic carbocycles. The van der Waals surface area contributed by atoms with Crippen molar-refractivity contribution in [3.8, 4) is 5.75 Å². The van der Waals surface area contributed by atoms with Crippen LogP contribution in [0.1, 0.15) is 45.8 Å². The zero-order chi connectivity index (χ0) is 23.8. The SMILES string of the molecule is CCCc1ccc(OCCNC(=O)c2ccc([C@@H]3SCC(=O)N3Cc3ccccc3)cc2)cc1. The van der Waals surface area contributed by atoms with E-state index in [9.17, 15) is 9.59 Å². The number of carbonyl (C=O) groups excluding carboxylic acids is 2. The number of aryl methyl sites for hydroxylation is 1. The Hall–Kier alpha value is -3.25. The lowest BCUT2D eigenvalue weighted by atomic mass is 10.1. The van der Waals surface area contributed by atoms with Crippen molar-refractivity contribution in [1.82, 2.24) is 10.2 Å². The van der Waals surface area contributed by atoms with Crippen LogP contribution in [0.2, 0.25) is 0 Å². The Bertz CT molecular complexity index is 1080. The molecule has 3 aromatic rings. The van der Waals surface area contributed by atoms with Crippen molar-refractivity contribution in [2.45, 2.75) is 31.7 Å². The molecule has 0 aromatic heterocycles. The maximum Gasteiger partial charge on any atom is 0.251 e. The highest BCUT2D eigenvalue weighted by atomic mass is 32.2. The van der Waals surface area contributed by atoms with Gasteiger partial charge in [-0.05, 0) is 47.4 Å². The fraction of sp³-hybridized carbons (Fsp3) is 0.286. The van der Waals surface area contributed by atoms with E-state index < -0.39 is 0 Å². The van der Waals surface area contributed by atoms with Gasteiger partial charge in [0.15, 0.2) is 0 Å². The number of benzene rings is 3. The number of rotatable bonds is 10. The van der Waals surface area contributed by atoms with Crippen molar-refractivity contribution in [3.05, 3.63) is 101 Å². The minimum atomic E-state index is -0.135.